The van der Waals surface area contributed by atoms with Crippen molar-refractivity contribution in [3.63, 3.8) is 0 Å². The molecule has 0 aromatic heterocycles. The van der Waals surface area contributed by atoms with Crippen LogP contribution in [0.15, 0.2) is 18.2 Å². The summed E-state index contributed by atoms with van der Waals surface area (Å²) in [5.41, 5.74) is 0.193. The first-order chi connectivity index (χ1) is 11.8. The molecule has 4 amide bonds. The summed E-state index contributed by atoms with van der Waals surface area (Å²) in [7, 11) is 2.87. The smallest absolute Gasteiger partial charge is 0.334 e. The maximum absolute atomic E-state index is 12.5. The molecule has 0 N–H and O–H groups in total. The van der Waals surface area contributed by atoms with Crippen molar-refractivity contribution in [3.05, 3.63) is 23.8 Å². The van der Waals surface area contributed by atoms with Crippen LogP contribution in [0.25, 0.3) is 0 Å². The number of ketones is 1. The molecule has 8 heteroatoms. The van der Waals surface area contributed by atoms with Gasteiger partial charge in [0.25, 0.3) is 0 Å². The highest BCUT2D eigenvalue weighted by Crippen LogP contribution is 2.25. The lowest BCUT2D eigenvalue weighted by molar-refractivity contribution is -0.143. The normalized spacial score (nSPS) is 14.5. The summed E-state index contributed by atoms with van der Waals surface area (Å²) in [5, 5.41) is 0. The van der Waals surface area contributed by atoms with Gasteiger partial charge < -0.3 is 9.47 Å². The van der Waals surface area contributed by atoms with E-state index in [4.69, 9.17) is 9.47 Å². The minimum absolute atomic E-state index is 0.0121. The van der Waals surface area contributed by atoms with Gasteiger partial charge in [0.2, 0.25) is 0 Å². The van der Waals surface area contributed by atoms with Crippen LogP contribution in [0.5, 0.6) is 11.5 Å². The molecular formula is C17H20N2O6. The number of nitrogens with zero attached hydrogens (tertiary/aromatic N) is 2. The molecule has 1 heterocycles. The summed E-state index contributed by atoms with van der Waals surface area (Å²) in [6.45, 7) is 3.24. The third kappa shape index (κ3) is 3.62. The van der Waals surface area contributed by atoms with Gasteiger partial charge >= 0.3 is 17.8 Å². The van der Waals surface area contributed by atoms with Crippen molar-refractivity contribution in [2.75, 3.05) is 27.3 Å². The number of urea groups is 1. The van der Waals surface area contributed by atoms with E-state index < -0.39 is 30.2 Å². The number of hydrogen-bond acceptors (Lipinski definition) is 6. The van der Waals surface area contributed by atoms with Crippen LogP contribution in [-0.4, -0.2) is 60.7 Å². The molecule has 134 valence electrons. The first-order valence-electron chi connectivity index (χ1n) is 7.72. The Bertz CT molecular complexity index is 728. The van der Waals surface area contributed by atoms with Gasteiger partial charge in [0.1, 0.15) is 11.5 Å². The average molecular weight is 348 g/mol. The average Bonchev–Trinajstić information content (AvgIpc) is 2.78. The lowest BCUT2D eigenvalue weighted by atomic mass is 10.1. The second-order valence-electron chi connectivity index (χ2n) is 5.97. The minimum Gasteiger partial charge on any atom is -0.497 e. The van der Waals surface area contributed by atoms with Gasteiger partial charge in [0.05, 0.1) is 26.3 Å². The quantitative estimate of drug-likeness (QED) is 0.419. The molecule has 25 heavy (non-hydrogen) atoms. The van der Waals surface area contributed by atoms with Crippen LogP contribution in [0.2, 0.25) is 0 Å². The Morgan fingerprint density at radius 3 is 2.24 bits per heavy atom. The summed E-state index contributed by atoms with van der Waals surface area (Å²) >= 11 is 0. The molecule has 1 aromatic carbocycles. The Morgan fingerprint density at radius 2 is 1.68 bits per heavy atom. The summed E-state index contributed by atoms with van der Waals surface area (Å²) in [6, 6.07) is 3.81. The molecule has 1 fully saturated rings. The molecule has 1 aromatic rings. The molecule has 0 bridgehead atoms. The molecule has 0 atom stereocenters. The van der Waals surface area contributed by atoms with Crippen LogP contribution in [0, 0.1) is 5.92 Å². The lowest BCUT2D eigenvalue weighted by Gasteiger charge is -2.17. The van der Waals surface area contributed by atoms with Crippen molar-refractivity contribution in [3.8, 4) is 11.5 Å². The number of benzene rings is 1. The van der Waals surface area contributed by atoms with Crippen molar-refractivity contribution in [1.29, 1.82) is 0 Å². The van der Waals surface area contributed by atoms with Crippen LogP contribution in [0.1, 0.15) is 24.2 Å². The molecule has 0 radical (unpaired) electrons. The molecule has 1 saturated heterocycles. The summed E-state index contributed by atoms with van der Waals surface area (Å²) in [4.78, 5) is 50.3. The Balaban J connectivity index is 2.22. The summed E-state index contributed by atoms with van der Waals surface area (Å²) < 4.78 is 10.2. The molecule has 0 aliphatic carbocycles. The van der Waals surface area contributed by atoms with Crippen LogP contribution in [0.3, 0.4) is 0 Å². The molecule has 1 aliphatic rings. The number of ether oxygens (including phenoxy) is 2. The van der Waals surface area contributed by atoms with E-state index in [2.05, 4.69) is 0 Å². The highest BCUT2D eigenvalue weighted by Gasteiger charge is 2.45. The van der Waals surface area contributed by atoms with E-state index in [9.17, 15) is 19.2 Å². The van der Waals surface area contributed by atoms with E-state index in [-0.39, 0.29) is 23.8 Å². The van der Waals surface area contributed by atoms with Crippen molar-refractivity contribution >= 4 is 23.6 Å². The maximum atomic E-state index is 12.5. The van der Waals surface area contributed by atoms with Gasteiger partial charge in [-0.05, 0) is 18.1 Å². The maximum Gasteiger partial charge on any atom is 0.334 e. The van der Waals surface area contributed by atoms with E-state index >= 15 is 0 Å². The molecule has 1 aliphatic heterocycles. The van der Waals surface area contributed by atoms with Crippen molar-refractivity contribution < 1.29 is 28.7 Å². The van der Waals surface area contributed by atoms with E-state index in [1.54, 1.807) is 6.07 Å². The van der Waals surface area contributed by atoms with E-state index in [1.807, 2.05) is 13.8 Å². The van der Waals surface area contributed by atoms with Gasteiger partial charge in [-0.15, -0.1) is 0 Å². The second-order valence-corrected chi connectivity index (χ2v) is 5.97. The Hall–Kier alpha value is -2.90. The number of amides is 4. The summed E-state index contributed by atoms with van der Waals surface area (Å²) in [6.07, 6.45) is 0. The standard InChI is InChI=1S/C17H20N2O6/c1-10(2)8-18-15(21)16(22)19(17(18)23)9-13(20)12-6-5-11(24-3)7-14(12)25-4/h5-7,10H,8-9H2,1-4H3. The highest BCUT2D eigenvalue weighted by atomic mass is 16.5. The van der Waals surface area contributed by atoms with Crippen molar-refractivity contribution in [1.82, 2.24) is 9.80 Å². The lowest BCUT2D eigenvalue weighted by Crippen LogP contribution is -2.38. The number of imide groups is 2. The molecule has 0 spiro atoms. The van der Waals surface area contributed by atoms with Gasteiger partial charge in [-0.2, -0.15) is 0 Å². The van der Waals surface area contributed by atoms with Gasteiger partial charge in [-0.3, -0.25) is 19.3 Å². The Labute approximate surface area is 145 Å². The van der Waals surface area contributed by atoms with Gasteiger partial charge in [0.15, 0.2) is 5.78 Å². The largest absolute Gasteiger partial charge is 0.497 e. The third-order valence-electron chi connectivity index (χ3n) is 3.69. The zero-order valence-corrected chi connectivity index (χ0v) is 14.6. The van der Waals surface area contributed by atoms with Crippen LogP contribution in [0.4, 0.5) is 4.79 Å². The highest BCUT2D eigenvalue weighted by molar-refractivity contribution is 6.45. The van der Waals surface area contributed by atoms with Crippen molar-refractivity contribution in [2.24, 2.45) is 5.92 Å². The monoisotopic (exact) mass is 348 g/mol. The minimum atomic E-state index is -0.994. The Morgan fingerprint density at radius 1 is 1.04 bits per heavy atom. The second kappa shape index (κ2) is 7.33. The molecular weight excluding hydrogens is 328 g/mol. The fourth-order valence-corrected chi connectivity index (χ4v) is 2.47. The molecule has 8 nitrogen and oxygen atoms in total. The fraction of sp³-hybridized carbons (Fsp3) is 0.412. The molecule has 0 saturated carbocycles. The van der Waals surface area contributed by atoms with Crippen molar-refractivity contribution in [2.45, 2.75) is 13.8 Å². The summed E-state index contributed by atoms with van der Waals surface area (Å²) in [5.74, 6) is -1.65. The first-order valence-corrected chi connectivity index (χ1v) is 7.72. The number of carbonyl (C=O) groups is 4. The SMILES string of the molecule is COc1ccc(C(=O)CN2C(=O)C(=O)N(CC(C)C)C2=O)c(OC)c1. The number of carbonyl (C=O) groups excluding carboxylic acids is 4. The first kappa shape index (κ1) is 18.4. The van der Waals surface area contributed by atoms with E-state index in [0.717, 1.165) is 4.90 Å². The van der Waals surface area contributed by atoms with E-state index in [1.165, 1.54) is 26.4 Å². The van der Waals surface area contributed by atoms with Gasteiger partial charge in [0, 0.05) is 12.6 Å². The van der Waals surface area contributed by atoms with E-state index in [0.29, 0.717) is 10.6 Å². The number of Topliss-reactive ketones (excluding diaryl/α,β-unsaturated/α-hetero) is 1. The zero-order chi connectivity index (χ0) is 18.7. The number of rotatable bonds is 7. The predicted octanol–water partition coefficient (Wildman–Crippen LogP) is 1.33. The third-order valence-corrected chi connectivity index (χ3v) is 3.69. The molecule has 0 unspecified atom stereocenters. The Kier molecular flexibility index (Phi) is 5.41. The number of methoxy groups -OCH3 is 2. The van der Waals surface area contributed by atoms with Gasteiger partial charge in [-0.1, -0.05) is 13.8 Å². The van der Waals surface area contributed by atoms with Crippen LogP contribution >= 0.6 is 0 Å². The zero-order valence-electron chi connectivity index (χ0n) is 14.6. The topological polar surface area (TPSA) is 93.2 Å². The van der Waals surface area contributed by atoms with Gasteiger partial charge in [-0.25, -0.2) is 9.69 Å². The number of hydrogen-bond donors (Lipinski definition) is 0. The van der Waals surface area contributed by atoms with Crippen LogP contribution < -0.4 is 9.47 Å². The van der Waals surface area contributed by atoms with Crippen LogP contribution in [-0.2, 0) is 9.59 Å². The fourth-order valence-electron chi connectivity index (χ4n) is 2.47. The predicted molar refractivity (Wildman–Crippen MR) is 87.5 cm³/mol. The molecule has 2 rings (SSSR count).